The molecule has 1 amide bonds. The molecule has 2 rings (SSSR count). The van der Waals surface area contributed by atoms with Gasteiger partial charge in [-0.15, -0.1) is 0 Å². The molecule has 0 aliphatic carbocycles. The van der Waals surface area contributed by atoms with Crippen LogP contribution in [0.5, 0.6) is 11.5 Å². The van der Waals surface area contributed by atoms with E-state index in [4.69, 9.17) is 9.47 Å². The predicted octanol–water partition coefficient (Wildman–Crippen LogP) is 3.82. The second kappa shape index (κ2) is 8.14. The summed E-state index contributed by atoms with van der Waals surface area (Å²) in [6.07, 6.45) is 0.820. The van der Waals surface area contributed by atoms with Crippen LogP contribution in [-0.4, -0.2) is 24.5 Å². The number of methoxy groups -OCH3 is 1. The maximum absolute atomic E-state index is 12.6. The zero-order valence-corrected chi connectivity index (χ0v) is 14.4. The summed E-state index contributed by atoms with van der Waals surface area (Å²) in [5, 5.41) is 14.1. The van der Waals surface area contributed by atoms with E-state index in [-0.39, 0.29) is 22.7 Å². The van der Waals surface area contributed by atoms with Crippen LogP contribution in [-0.2, 0) is 6.42 Å². The molecule has 7 nitrogen and oxygen atoms in total. The SMILES string of the molecule is CCOc1cc([N+](=O)[O-])c(C(=O)Nc2cccc(CC)c2)cc1OC. The van der Waals surface area contributed by atoms with Gasteiger partial charge in [0, 0.05) is 11.8 Å². The van der Waals surface area contributed by atoms with Gasteiger partial charge in [-0.1, -0.05) is 19.1 Å². The van der Waals surface area contributed by atoms with Crippen LogP contribution in [0.2, 0.25) is 0 Å². The largest absolute Gasteiger partial charge is 0.493 e. The van der Waals surface area contributed by atoms with Gasteiger partial charge < -0.3 is 14.8 Å². The van der Waals surface area contributed by atoms with Crippen LogP contribution >= 0.6 is 0 Å². The molecule has 132 valence electrons. The highest BCUT2D eigenvalue weighted by Crippen LogP contribution is 2.35. The molecule has 0 radical (unpaired) electrons. The number of aryl methyl sites for hydroxylation is 1. The van der Waals surface area contributed by atoms with Crippen molar-refractivity contribution < 1.29 is 19.2 Å². The third-order valence-electron chi connectivity index (χ3n) is 3.62. The Labute approximate surface area is 145 Å². The Bertz CT molecular complexity index is 789. The Morgan fingerprint density at radius 1 is 1.20 bits per heavy atom. The molecule has 0 unspecified atom stereocenters. The molecule has 1 N–H and O–H groups in total. The van der Waals surface area contributed by atoms with Gasteiger partial charge in [-0.25, -0.2) is 0 Å². The molecule has 0 aromatic heterocycles. The number of hydrogen-bond acceptors (Lipinski definition) is 5. The molecular formula is C18H20N2O5. The van der Waals surface area contributed by atoms with Crippen LogP contribution in [0.15, 0.2) is 36.4 Å². The van der Waals surface area contributed by atoms with Crippen molar-refractivity contribution in [2.75, 3.05) is 19.0 Å². The van der Waals surface area contributed by atoms with Crippen molar-refractivity contribution in [1.82, 2.24) is 0 Å². The fraction of sp³-hybridized carbons (Fsp3) is 0.278. The van der Waals surface area contributed by atoms with E-state index in [1.807, 2.05) is 25.1 Å². The highest BCUT2D eigenvalue weighted by molar-refractivity contribution is 6.07. The number of nitro benzene ring substituents is 1. The van der Waals surface area contributed by atoms with E-state index in [2.05, 4.69) is 5.32 Å². The van der Waals surface area contributed by atoms with Crippen molar-refractivity contribution in [2.45, 2.75) is 20.3 Å². The number of hydrogen-bond donors (Lipinski definition) is 1. The van der Waals surface area contributed by atoms with Crippen LogP contribution < -0.4 is 14.8 Å². The number of carbonyl (C=O) groups is 1. The van der Waals surface area contributed by atoms with Gasteiger partial charge >= 0.3 is 0 Å². The van der Waals surface area contributed by atoms with Gasteiger partial charge in [0.15, 0.2) is 11.5 Å². The highest BCUT2D eigenvalue weighted by Gasteiger charge is 2.24. The van der Waals surface area contributed by atoms with Crippen LogP contribution in [0.25, 0.3) is 0 Å². The maximum atomic E-state index is 12.6. The number of rotatable bonds is 7. The summed E-state index contributed by atoms with van der Waals surface area (Å²) < 4.78 is 10.5. The fourth-order valence-corrected chi connectivity index (χ4v) is 2.38. The third-order valence-corrected chi connectivity index (χ3v) is 3.62. The lowest BCUT2D eigenvalue weighted by molar-refractivity contribution is -0.385. The molecule has 0 spiro atoms. The molecule has 0 aliphatic rings. The molecule has 0 heterocycles. The number of anilines is 1. The molecule has 0 saturated heterocycles. The van der Waals surface area contributed by atoms with E-state index in [1.54, 1.807) is 13.0 Å². The van der Waals surface area contributed by atoms with E-state index < -0.39 is 10.8 Å². The summed E-state index contributed by atoms with van der Waals surface area (Å²) in [4.78, 5) is 23.3. The summed E-state index contributed by atoms with van der Waals surface area (Å²) in [6, 6.07) is 9.85. The first-order chi connectivity index (χ1) is 12.0. The third kappa shape index (κ3) is 4.26. The molecule has 0 saturated carbocycles. The second-order valence-electron chi connectivity index (χ2n) is 5.22. The van der Waals surface area contributed by atoms with Gasteiger partial charge in [0.25, 0.3) is 11.6 Å². The zero-order chi connectivity index (χ0) is 18.4. The molecule has 2 aromatic carbocycles. The van der Waals surface area contributed by atoms with E-state index in [0.717, 1.165) is 12.0 Å². The van der Waals surface area contributed by atoms with Gasteiger partial charge in [0.05, 0.1) is 24.7 Å². The van der Waals surface area contributed by atoms with Gasteiger partial charge in [-0.3, -0.25) is 14.9 Å². The smallest absolute Gasteiger partial charge is 0.286 e. The molecule has 0 bridgehead atoms. The number of nitro groups is 1. The fourth-order valence-electron chi connectivity index (χ4n) is 2.38. The molecule has 7 heteroatoms. The quantitative estimate of drug-likeness (QED) is 0.609. The topological polar surface area (TPSA) is 90.7 Å². The number of ether oxygens (including phenoxy) is 2. The van der Waals surface area contributed by atoms with Crippen molar-refractivity contribution in [3.8, 4) is 11.5 Å². The molecule has 2 aromatic rings. The van der Waals surface area contributed by atoms with E-state index in [0.29, 0.717) is 12.3 Å². The predicted molar refractivity (Wildman–Crippen MR) is 94.6 cm³/mol. The van der Waals surface area contributed by atoms with Crippen LogP contribution in [0, 0.1) is 10.1 Å². The molecule has 0 aliphatic heterocycles. The molecular weight excluding hydrogens is 324 g/mol. The summed E-state index contributed by atoms with van der Waals surface area (Å²) in [5.41, 5.74) is 1.20. The second-order valence-corrected chi connectivity index (χ2v) is 5.22. The van der Waals surface area contributed by atoms with Gasteiger partial charge in [0.2, 0.25) is 0 Å². The van der Waals surface area contributed by atoms with Crippen LogP contribution in [0.3, 0.4) is 0 Å². The number of nitrogens with zero attached hydrogens (tertiary/aromatic N) is 1. The number of amides is 1. The summed E-state index contributed by atoms with van der Waals surface area (Å²) >= 11 is 0. The maximum Gasteiger partial charge on any atom is 0.286 e. The minimum absolute atomic E-state index is 0.0906. The number of carbonyl (C=O) groups excluding carboxylic acids is 1. The van der Waals surface area contributed by atoms with Crippen LogP contribution in [0.1, 0.15) is 29.8 Å². The molecule has 25 heavy (non-hydrogen) atoms. The zero-order valence-electron chi connectivity index (χ0n) is 14.4. The first-order valence-corrected chi connectivity index (χ1v) is 7.89. The number of nitrogens with one attached hydrogen (secondary N) is 1. The van der Waals surface area contributed by atoms with Crippen molar-refractivity contribution in [3.05, 3.63) is 57.6 Å². The lowest BCUT2D eigenvalue weighted by atomic mass is 10.1. The Hall–Kier alpha value is -3.09. The number of benzene rings is 2. The molecule has 0 atom stereocenters. The Morgan fingerprint density at radius 3 is 2.56 bits per heavy atom. The van der Waals surface area contributed by atoms with E-state index in [9.17, 15) is 14.9 Å². The van der Waals surface area contributed by atoms with Gasteiger partial charge in [-0.2, -0.15) is 0 Å². The lowest BCUT2D eigenvalue weighted by Gasteiger charge is -2.12. The minimum Gasteiger partial charge on any atom is -0.493 e. The lowest BCUT2D eigenvalue weighted by Crippen LogP contribution is -2.14. The highest BCUT2D eigenvalue weighted by atomic mass is 16.6. The van der Waals surface area contributed by atoms with Crippen molar-refractivity contribution in [3.63, 3.8) is 0 Å². The summed E-state index contributed by atoms with van der Waals surface area (Å²) in [5.74, 6) is -0.0950. The Kier molecular flexibility index (Phi) is 5.94. The van der Waals surface area contributed by atoms with Crippen molar-refractivity contribution >= 4 is 17.3 Å². The average molecular weight is 344 g/mol. The average Bonchev–Trinajstić information content (AvgIpc) is 2.61. The van der Waals surface area contributed by atoms with Gasteiger partial charge in [0.1, 0.15) is 5.56 Å². The van der Waals surface area contributed by atoms with Crippen LogP contribution in [0.4, 0.5) is 11.4 Å². The normalized spacial score (nSPS) is 10.2. The van der Waals surface area contributed by atoms with E-state index >= 15 is 0 Å². The summed E-state index contributed by atoms with van der Waals surface area (Å²) in [7, 11) is 1.41. The van der Waals surface area contributed by atoms with Crippen molar-refractivity contribution in [2.24, 2.45) is 0 Å². The minimum atomic E-state index is -0.612. The molecule has 0 fully saturated rings. The monoisotopic (exact) mass is 344 g/mol. The first kappa shape index (κ1) is 18.3. The first-order valence-electron chi connectivity index (χ1n) is 7.89. The Morgan fingerprint density at radius 2 is 1.96 bits per heavy atom. The van der Waals surface area contributed by atoms with Gasteiger partial charge in [-0.05, 0) is 31.0 Å². The van der Waals surface area contributed by atoms with E-state index in [1.165, 1.54) is 19.2 Å². The summed E-state index contributed by atoms with van der Waals surface area (Å²) in [6.45, 7) is 4.08. The van der Waals surface area contributed by atoms with Crippen molar-refractivity contribution in [1.29, 1.82) is 0 Å². The standard InChI is InChI=1S/C18H20N2O5/c1-4-12-7-6-8-13(9-12)19-18(21)14-10-16(24-3)17(25-5-2)11-15(14)20(22)23/h6-11H,4-5H2,1-3H3,(H,19,21). The Balaban J connectivity index is 2.41.